The SMILES string of the molecule is CN(C)CCN(Cc1ccc(C#N)cc1)C(=O)Nc1ccc(F)cc1. The number of hydrogen-bond acceptors (Lipinski definition) is 3. The third kappa shape index (κ3) is 5.90. The standard InChI is InChI=1S/C19H21FN4O/c1-23(2)11-12-24(14-16-5-3-15(13-21)4-6-16)19(25)22-18-9-7-17(20)8-10-18/h3-10H,11-12,14H2,1-2H3,(H,22,25). The molecule has 6 heteroatoms. The summed E-state index contributed by atoms with van der Waals surface area (Å²) in [5, 5.41) is 11.7. The van der Waals surface area contributed by atoms with Crippen molar-refractivity contribution in [3.05, 3.63) is 65.5 Å². The predicted molar refractivity (Wildman–Crippen MR) is 95.5 cm³/mol. The van der Waals surface area contributed by atoms with E-state index in [1.165, 1.54) is 24.3 Å². The van der Waals surface area contributed by atoms with Crippen LogP contribution in [0.15, 0.2) is 48.5 Å². The molecule has 0 radical (unpaired) electrons. The highest BCUT2D eigenvalue weighted by Gasteiger charge is 2.14. The maximum absolute atomic E-state index is 13.0. The van der Waals surface area contributed by atoms with Gasteiger partial charge in [-0.15, -0.1) is 0 Å². The van der Waals surface area contributed by atoms with Gasteiger partial charge in [0.05, 0.1) is 11.6 Å². The maximum Gasteiger partial charge on any atom is 0.322 e. The van der Waals surface area contributed by atoms with Gasteiger partial charge < -0.3 is 15.1 Å². The number of nitrogens with zero attached hydrogens (tertiary/aromatic N) is 3. The third-order valence-electron chi connectivity index (χ3n) is 3.66. The number of hydrogen-bond donors (Lipinski definition) is 1. The number of carbonyl (C=O) groups is 1. The smallest absolute Gasteiger partial charge is 0.319 e. The number of nitriles is 1. The first-order valence-corrected chi connectivity index (χ1v) is 7.93. The first kappa shape index (κ1) is 18.4. The Bertz CT molecular complexity index is 736. The molecule has 0 fully saturated rings. The van der Waals surface area contributed by atoms with Crippen molar-refractivity contribution >= 4 is 11.7 Å². The monoisotopic (exact) mass is 340 g/mol. The summed E-state index contributed by atoms with van der Waals surface area (Å²) >= 11 is 0. The molecule has 0 unspecified atom stereocenters. The van der Waals surface area contributed by atoms with E-state index in [-0.39, 0.29) is 11.8 Å². The molecule has 0 saturated carbocycles. The summed E-state index contributed by atoms with van der Waals surface area (Å²) in [7, 11) is 3.88. The van der Waals surface area contributed by atoms with E-state index in [0.29, 0.717) is 30.9 Å². The first-order chi connectivity index (χ1) is 12.0. The molecule has 2 aromatic carbocycles. The van der Waals surface area contributed by atoms with Crippen LogP contribution in [0, 0.1) is 17.1 Å². The molecule has 0 aliphatic carbocycles. The van der Waals surface area contributed by atoms with Crippen LogP contribution in [0.1, 0.15) is 11.1 Å². The Hall–Kier alpha value is -2.91. The van der Waals surface area contributed by atoms with Crippen molar-refractivity contribution in [1.82, 2.24) is 9.80 Å². The van der Waals surface area contributed by atoms with Crippen molar-refractivity contribution in [3.8, 4) is 6.07 Å². The summed E-state index contributed by atoms with van der Waals surface area (Å²) in [6, 6.07) is 14.6. The second-order valence-corrected chi connectivity index (χ2v) is 5.97. The molecule has 2 rings (SSSR count). The largest absolute Gasteiger partial charge is 0.322 e. The quantitative estimate of drug-likeness (QED) is 0.878. The van der Waals surface area contributed by atoms with Gasteiger partial charge in [0, 0.05) is 25.3 Å². The van der Waals surface area contributed by atoms with Crippen molar-refractivity contribution in [3.63, 3.8) is 0 Å². The van der Waals surface area contributed by atoms with Gasteiger partial charge in [0.15, 0.2) is 0 Å². The van der Waals surface area contributed by atoms with Crippen molar-refractivity contribution in [1.29, 1.82) is 5.26 Å². The summed E-state index contributed by atoms with van der Waals surface area (Å²) < 4.78 is 13.0. The van der Waals surface area contributed by atoms with Gasteiger partial charge in [-0.05, 0) is 56.1 Å². The van der Waals surface area contributed by atoms with Crippen LogP contribution in [0.2, 0.25) is 0 Å². The number of rotatable bonds is 6. The summed E-state index contributed by atoms with van der Waals surface area (Å²) in [4.78, 5) is 16.3. The second kappa shape index (κ2) is 8.81. The average molecular weight is 340 g/mol. The van der Waals surface area contributed by atoms with Crippen molar-refractivity contribution in [2.45, 2.75) is 6.54 Å². The topological polar surface area (TPSA) is 59.4 Å². The van der Waals surface area contributed by atoms with E-state index < -0.39 is 0 Å². The van der Waals surface area contributed by atoms with Crippen LogP contribution in [0.25, 0.3) is 0 Å². The minimum atomic E-state index is -0.347. The lowest BCUT2D eigenvalue weighted by molar-refractivity contribution is 0.202. The molecule has 0 bridgehead atoms. The minimum Gasteiger partial charge on any atom is -0.319 e. The number of nitrogens with one attached hydrogen (secondary N) is 1. The van der Waals surface area contributed by atoms with Crippen LogP contribution in [0.3, 0.4) is 0 Å². The molecular formula is C19H21FN4O. The molecule has 1 N–H and O–H groups in total. The molecule has 0 aliphatic heterocycles. The van der Waals surface area contributed by atoms with Gasteiger partial charge in [-0.25, -0.2) is 9.18 Å². The normalized spacial score (nSPS) is 10.4. The molecular weight excluding hydrogens is 319 g/mol. The summed E-state index contributed by atoms with van der Waals surface area (Å²) in [6.07, 6.45) is 0. The fraction of sp³-hybridized carbons (Fsp3) is 0.263. The second-order valence-electron chi connectivity index (χ2n) is 5.97. The lowest BCUT2D eigenvalue weighted by atomic mass is 10.1. The number of carbonyl (C=O) groups excluding carboxylic acids is 1. The van der Waals surface area contributed by atoms with Crippen LogP contribution >= 0.6 is 0 Å². The third-order valence-corrected chi connectivity index (χ3v) is 3.66. The molecule has 0 saturated heterocycles. The summed E-state index contributed by atoms with van der Waals surface area (Å²) in [5.74, 6) is -0.347. The van der Waals surface area contributed by atoms with Crippen molar-refractivity contribution in [2.24, 2.45) is 0 Å². The Kier molecular flexibility index (Phi) is 6.49. The molecule has 25 heavy (non-hydrogen) atoms. The van der Waals surface area contributed by atoms with Crippen LogP contribution in [-0.2, 0) is 6.54 Å². The number of likely N-dealkylation sites (N-methyl/N-ethyl adjacent to an activating group) is 1. The highest BCUT2D eigenvalue weighted by atomic mass is 19.1. The molecule has 0 atom stereocenters. The Morgan fingerprint density at radius 2 is 1.72 bits per heavy atom. The fourth-order valence-corrected chi connectivity index (χ4v) is 2.21. The van der Waals surface area contributed by atoms with E-state index >= 15 is 0 Å². The molecule has 0 aliphatic rings. The zero-order valence-corrected chi connectivity index (χ0v) is 14.4. The lowest BCUT2D eigenvalue weighted by Gasteiger charge is -2.25. The Morgan fingerprint density at radius 3 is 2.28 bits per heavy atom. The molecule has 130 valence electrons. The van der Waals surface area contributed by atoms with Crippen molar-refractivity contribution in [2.75, 3.05) is 32.5 Å². The summed E-state index contributed by atoms with van der Waals surface area (Å²) in [6.45, 7) is 1.68. The Morgan fingerprint density at radius 1 is 1.08 bits per heavy atom. The molecule has 0 aromatic heterocycles. The minimum absolute atomic E-state index is 0.252. The number of benzene rings is 2. The van der Waals surface area contributed by atoms with Gasteiger partial charge in [-0.2, -0.15) is 5.26 Å². The van der Waals surface area contributed by atoms with E-state index in [1.54, 1.807) is 17.0 Å². The van der Waals surface area contributed by atoms with E-state index in [9.17, 15) is 9.18 Å². The maximum atomic E-state index is 13.0. The molecule has 5 nitrogen and oxygen atoms in total. The first-order valence-electron chi connectivity index (χ1n) is 7.93. The van der Waals surface area contributed by atoms with Crippen molar-refractivity contribution < 1.29 is 9.18 Å². The Labute approximate surface area is 147 Å². The highest BCUT2D eigenvalue weighted by Crippen LogP contribution is 2.12. The summed E-state index contributed by atoms with van der Waals surface area (Å²) in [5.41, 5.74) is 2.06. The van der Waals surface area contributed by atoms with Gasteiger partial charge in [0.1, 0.15) is 5.82 Å². The lowest BCUT2D eigenvalue weighted by Crippen LogP contribution is -2.39. The van der Waals surface area contributed by atoms with Gasteiger partial charge in [-0.3, -0.25) is 0 Å². The predicted octanol–water partition coefficient (Wildman–Crippen LogP) is 3.29. The van der Waals surface area contributed by atoms with Crippen LogP contribution < -0.4 is 5.32 Å². The van der Waals surface area contributed by atoms with Crippen LogP contribution in [-0.4, -0.2) is 43.0 Å². The molecule has 0 heterocycles. The van der Waals surface area contributed by atoms with E-state index in [4.69, 9.17) is 5.26 Å². The fourth-order valence-electron chi connectivity index (χ4n) is 2.21. The van der Waals surface area contributed by atoms with Crippen LogP contribution in [0.4, 0.5) is 14.9 Å². The van der Waals surface area contributed by atoms with Gasteiger partial charge >= 0.3 is 6.03 Å². The van der Waals surface area contributed by atoms with Gasteiger partial charge in [-0.1, -0.05) is 12.1 Å². The molecule has 2 aromatic rings. The zero-order chi connectivity index (χ0) is 18.2. The molecule has 0 spiro atoms. The number of amides is 2. The van der Waals surface area contributed by atoms with E-state index in [0.717, 1.165) is 5.56 Å². The van der Waals surface area contributed by atoms with E-state index in [2.05, 4.69) is 11.4 Å². The number of halogens is 1. The van der Waals surface area contributed by atoms with Gasteiger partial charge in [0.2, 0.25) is 0 Å². The van der Waals surface area contributed by atoms with Crippen LogP contribution in [0.5, 0.6) is 0 Å². The zero-order valence-electron chi connectivity index (χ0n) is 14.4. The average Bonchev–Trinajstić information content (AvgIpc) is 2.60. The molecule has 2 amide bonds. The highest BCUT2D eigenvalue weighted by molar-refractivity contribution is 5.89. The van der Waals surface area contributed by atoms with Gasteiger partial charge in [0.25, 0.3) is 0 Å². The number of anilines is 1. The van der Waals surface area contributed by atoms with E-state index in [1.807, 2.05) is 31.1 Å². The number of urea groups is 1. The Balaban J connectivity index is 2.08.